The van der Waals surface area contributed by atoms with Gasteiger partial charge in [0.05, 0.1) is 6.61 Å². The fourth-order valence-electron chi connectivity index (χ4n) is 2.59. The summed E-state index contributed by atoms with van der Waals surface area (Å²) in [6.45, 7) is 2.68. The molecule has 0 bridgehead atoms. The molecule has 0 heterocycles. The molecule has 1 aliphatic rings. The normalized spacial score (nSPS) is 16.9. The van der Waals surface area contributed by atoms with Gasteiger partial charge in [-0.05, 0) is 60.7 Å². The average Bonchev–Trinajstić information content (AvgIpc) is 2.52. The van der Waals surface area contributed by atoms with Crippen molar-refractivity contribution in [3.8, 4) is 5.75 Å². The first-order chi connectivity index (χ1) is 9.79. The molecule has 4 nitrogen and oxygen atoms in total. The molecule has 0 radical (unpaired) electrons. The first kappa shape index (κ1) is 14.7. The molecule has 0 unspecified atom stereocenters. The van der Waals surface area contributed by atoms with Crippen molar-refractivity contribution in [2.24, 2.45) is 16.1 Å². The number of nitroso groups, excluding NO2 is 1. The number of benzene rings is 1. The summed E-state index contributed by atoms with van der Waals surface area (Å²) in [7, 11) is 0. The molecule has 1 aromatic rings. The van der Waals surface area contributed by atoms with Crippen LogP contribution in [0.15, 0.2) is 34.4 Å². The molecule has 0 amide bonds. The Bertz CT molecular complexity index is 448. The van der Waals surface area contributed by atoms with E-state index in [1.807, 2.05) is 31.2 Å². The first-order valence-electron chi connectivity index (χ1n) is 7.33. The predicted octanol–water partition coefficient (Wildman–Crippen LogP) is 4.18. The Balaban J connectivity index is 1.86. The molecule has 20 heavy (non-hydrogen) atoms. The van der Waals surface area contributed by atoms with Crippen LogP contribution in [0.5, 0.6) is 5.75 Å². The molecular formula is C16H22N2O2. The van der Waals surface area contributed by atoms with Crippen LogP contribution in [0.3, 0.4) is 0 Å². The molecule has 1 saturated carbocycles. The second-order valence-electron chi connectivity index (χ2n) is 5.35. The number of ether oxygens (including phenoxy) is 1. The number of aliphatic imine (C=N–C) groups is 1. The van der Waals surface area contributed by atoms with Gasteiger partial charge in [0.1, 0.15) is 5.75 Å². The molecule has 1 fully saturated rings. The van der Waals surface area contributed by atoms with Crippen molar-refractivity contribution < 1.29 is 4.74 Å². The summed E-state index contributed by atoms with van der Waals surface area (Å²) in [4.78, 5) is 14.1. The monoisotopic (exact) mass is 274 g/mol. The Morgan fingerprint density at radius 2 is 1.90 bits per heavy atom. The van der Waals surface area contributed by atoms with Crippen LogP contribution in [-0.2, 0) is 0 Å². The van der Waals surface area contributed by atoms with Crippen LogP contribution in [-0.4, -0.2) is 19.0 Å². The highest BCUT2D eigenvalue weighted by atomic mass is 16.5. The Hall–Kier alpha value is -1.71. The number of rotatable bonds is 6. The van der Waals surface area contributed by atoms with Crippen LogP contribution < -0.4 is 4.74 Å². The molecule has 0 aliphatic heterocycles. The van der Waals surface area contributed by atoms with Crippen molar-refractivity contribution in [3.05, 3.63) is 34.7 Å². The predicted molar refractivity (Wildman–Crippen MR) is 81.4 cm³/mol. The highest BCUT2D eigenvalue weighted by Gasteiger charge is 2.13. The van der Waals surface area contributed by atoms with Gasteiger partial charge in [0, 0.05) is 5.71 Å². The number of hydrogen-bond acceptors (Lipinski definition) is 4. The van der Waals surface area contributed by atoms with E-state index >= 15 is 0 Å². The molecule has 1 aliphatic carbocycles. The molecule has 1 aromatic carbocycles. The summed E-state index contributed by atoms with van der Waals surface area (Å²) < 4.78 is 5.85. The van der Waals surface area contributed by atoms with Gasteiger partial charge >= 0.3 is 0 Å². The molecule has 0 N–H and O–H groups in total. The maximum Gasteiger partial charge on any atom is 0.171 e. The maximum atomic E-state index is 10.1. The molecule has 4 heteroatoms. The van der Waals surface area contributed by atoms with E-state index in [0.717, 1.165) is 23.6 Å². The molecule has 0 spiro atoms. The van der Waals surface area contributed by atoms with Gasteiger partial charge in [0.25, 0.3) is 0 Å². The van der Waals surface area contributed by atoms with Crippen molar-refractivity contribution in [1.29, 1.82) is 0 Å². The Kier molecular flexibility index (Phi) is 5.71. The summed E-state index contributed by atoms with van der Waals surface area (Å²) in [5, 5.41) is 2.74. The largest absolute Gasteiger partial charge is 0.493 e. The first-order valence-corrected chi connectivity index (χ1v) is 7.33. The molecule has 2 rings (SSSR count). The van der Waals surface area contributed by atoms with Crippen LogP contribution in [0.25, 0.3) is 0 Å². The van der Waals surface area contributed by atoms with Gasteiger partial charge in [-0.1, -0.05) is 19.3 Å². The fraction of sp³-hybridized carbons (Fsp3) is 0.562. The minimum absolute atomic E-state index is 0.0221. The van der Waals surface area contributed by atoms with E-state index in [1.165, 1.54) is 32.1 Å². The van der Waals surface area contributed by atoms with Gasteiger partial charge in [-0.15, -0.1) is 4.91 Å². The molecule has 108 valence electrons. The van der Waals surface area contributed by atoms with E-state index in [1.54, 1.807) is 0 Å². The quantitative estimate of drug-likeness (QED) is 0.577. The minimum Gasteiger partial charge on any atom is -0.493 e. The Morgan fingerprint density at radius 1 is 1.20 bits per heavy atom. The van der Waals surface area contributed by atoms with E-state index in [2.05, 4.69) is 10.2 Å². The van der Waals surface area contributed by atoms with Crippen LogP contribution in [0, 0.1) is 10.8 Å². The van der Waals surface area contributed by atoms with Crippen LogP contribution in [0.2, 0.25) is 0 Å². The average molecular weight is 274 g/mol. The van der Waals surface area contributed by atoms with Gasteiger partial charge < -0.3 is 4.74 Å². The van der Waals surface area contributed by atoms with E-state index in [4.69, 9.17) is 4.74 Å². The minimum atomic E-state index is -0.0221. The van der Waals surface area contributed by atoms with Crippen molar-refractivity contribution in [2.45, 2.75) is 39.0 Å². The van der Waals surface area contributed by atoms with Gasteiger partial charge in [-0.2, -0.15) is 0 Å². The highest BCUT2D eigenvalue weighted by Crippen LogP contribution is 2.24. The fourth-order valence-corrected chi connectivity index (χ4v) is 2.59. The third-order valence-corrected chi connectivity index (χ3v) is 3.85. The lowest BCUT2D eigenvalue weighted by atomic mass is 9.90. The molecule has 0 saturated heterocycles. The zero-order valence-electron chi connectivity index (χ0n) is 12.0. The summed E-state index contributed by atoms with van der Waals surface area (Å²) in [5.74, 6) is 1.62. The van der Waals surface area contributed by atoms with E-state index < -0.39 is 0 Å². The lowest BCUT2D eigenvalue weighted by molar-refractivity contribution is 0.209. The van der Waals surface area contributed by atoms with E-state index in [0.29, 0.717) is 5.92 Å². The topological polar surface area (TPSA) is 51.0 Å². The van der Waals surface area contributed by atoms with Gasteiger partial charge in [-0.3, -0.25) is 4.99 Å². The smallest absolute Gasteiger partial charge is 0.171 e. The van der Waals surface area contributed by atoms with E-state index in [9.17, 15) is 4.91 Å². The summed E-state index contributed by atoms with van der Waals surface area (Å²) in [5.41, 5.74) is 1.82. The zero-order valence-corrected chi connectivity index (χ0v) is 12.0. The summed E-state index contributed by atoms with van der Waals surface area (Å²) >= 11 is 0. The second kappa shape index (κ2) is 7.78. The third-order valence-electron chi connectivity index (χ3n) is 3.85. The SMILES string of the molecule is CC(=NCN=O)c1ccc(OCC2CCCCC2)cc1. The maximum absolute atomic E-state index is 10.1. The molecule has 0 atom stereocenters. The summed E-state index contributed by atoms with van der Waals surface area (Å²) in [6, 6.07) is 7.87. The summed E-state index contributed by atoms with van der Waals surface area (Å²) in [6.07, 6.45) is 6.64. The van der Waals surface area contributed by atoms with E-state index in [-0.39, 0.29) is 6.67 Å². The van der Waals surface area contributed by atoms with Crippen molar-refractivity contribution in [2.75, 3.05) is 13.3 Å². The zero-order chi connectivity index (χ0) is 14.2. The van der Waals surface area contributed by atoms with Gasteiger partial charge in [0.15, 0.2) is 6.67 Å². The van der Waals surface area contributed by atoms with Gasteiger partial charge in [-0.25, -0.2) is 0 Å². The van der Waals surface area contributed by atoms with Crippen molar-refractivity contribution in [1.82, 2.24) is 0 Å². The lowest BCUT2D eigenvalue weighted by Crippen LogP contribution is -2.15. The Morgan fingerprint density at radius 3 is 2.55 bits per heavy atom. The molecular weight excluding hydrogens is 252 g/mol. The third kappa shape index (κ3) is 4.44. The van der Waals surface area contributed by atoms with Crippen LogP contribution in [0.4, 0.5) is 0 Å². The highest BCUT2D eigenvalue weighted by molar-refractivity contribution is 5.98. The lowest BCUT2D eigenvalue weighted by Gasteiger charge is -2.21. The standard InChI is InChI=1S/C16H22N2O2/c1-13(17-12-18-19)15-7-9-16(10-8-15)20-11-14-5-3-2-4-6-14/h7-10,14H,2-6,11-12H2,1H3. The second-order valence-corrected chi connectivity index (χ2v) is 5.35. The van der Waals surface area contributed by atoms with Crippen LogP contribution >= 0.6 is 0 Å². The number of hydrogen-bond donors (Lipinski definition) is 0. The van der Waals surface area contributed by atoms with Crippen LogP contribution in [0.1, 0.15) is 44.6 Å². The van der Waals surface area contributed by atoms with Crippen molar-refractivity contribution >= 4 is 5.71 Å². The Labute approximate surface area is 120 Å². The van der Waals surface area contributed by atoms with Crippen molar-refractivity contribution in [3.63, 3.8) is 0 Å². The van der Waals surface area contributed by atoms with Gasteiger partial charge in [0.2, 0.25) is 0 Å². The number of nitrogens with zero attached hydrogens (tertiary/aromatic N) is 2. The molecule has 0 aromatic heterocycles.